The van der Waals surface area contributed by atoms with Crippen LogP contribution >= 0.6 is 11.6 Å². The summed E-state index contributed by atoms with van der Waals surface area (Å²) in [4.78, 5) is 12.4. The summed E-state index contributed by atoms with van der Waals surface area (Å²) in [5.41, 5.74) is 3.47. The molecule has 7 heteroatoms. The molecule has 0 unspecified atom stereocenters. The van der Waals surface area contributed by atoms with Crippen LogP contribution in [0.15, 0.2) is 41.3 Å². The lowest BCUT2D eigenvalue weighted by atomic mass is 10.0. The summed E-state index contributed by atoms with van der Waals surface area (Å²) in [7, 11) is -3.79. The van der Waals surface area contributed by atoms with Gasteiger partial charge in [0, 0.05) is 10.7 Å². The average Bonchev–Trinajstić information content (AvgIpc) is 2.62. The maximum atomic E-state index is 12.4. The molecule has 0 spiro atoms. The van der Waals surface area contributed by atoms with Crippen molar-refractivity contribution in [2.75, 3.05) is 11.9 Å². The van der Waals surface area contributed by atoms with Crippen molar-refractivity contribution in [2.45, 2.75) is 38.5 Å². The van der Waals surface area contributed by atoms with Gasteiger partial charge in [-0.15, -0.1) is 0 Å². The van der Waals surface area contributed by atoms with Crippen LogP contribution in [0.25, 0.3) is 0 Å². The standard InChI is InChI=1S/C19H23ClN2O3S/c1-4-14-7-6-8-15(5-2)19(14)22-18(23)12-21-26(24,25)16-9-10-17(20)13(3)11-16/h6-11,21H,4-5,12H2,1-3H3,(H,22,23). The molecule has 2 aromatic rings. The van der Waals surface area contributed by atoms with Gasteiger partial charge in [0.15, 0.2) is 0 Å². The van der Waals surface area contributed by atoms with Crippen molar-refractivity contribution in [1.82, 2.24) is 4.72 Å². The van der Waals surface area contributed by atoms with Gasteiger partial charge in [0.05, 0.1) is 11.4 Å². The number of halogens is 1. The second-order valence-electron chi connectivity index (χ2n) is 5.94. The van der Waals surface area contributed by atoms with Crippen LogP contribution in [0.5, 0.6) is 0 Å². The number of nitrogens with one attached hydrogen (secondary N) is 2. The predicted molar refractivity (Wildman–Crippen MR) is 105 cm³/mol. The van der Waals surface area contributed by atoms with Gasteiger partial charge >= 0.3 is 0 Å². The summed E-state index contributed by atoms with van der Waals surface area (Å²) >= 11 is 5.93. The van der Waals surface area contributed by atoms with E-state index in [0.29, 0.717) is 10.6 Å². The van der Waals surface area contributed by atoms with E-state index in [4.69, 9.17) is 11.6 Å². The van der Waals surface area contributed by atoms with Crippen LogP contribution < -0.4 is 10.0 Å². The zero-order valence-electron chi connectivity index (χ0n) is 15.1. The molecule has 2 N–H and O–H groups in total. The van der Waals surface area contributed by atoms with Crippen LogP contribution in [-0.4, -0.2) is 20.9 Å². The fourth-order valence-electron chi connectivity index (χ4n) is 2.61. The second kappa shape index (κ2) is 8.66. The number of anilines is 1. The molecule has 2 rings (SSSR count). The highest BCUT2D eigenvalue weighted by Crippen LogP contribution is 2.22. The van der Waals surface area contributed by atoms with Gasteiger partial charge in [-0.05, 0) is 54.7 Å². The number of aryl methyl sites for hydroxylation is 3. The van der Waals surface area contributed by atoms with Gasteiger partial charge in [0.2, 0.25) is 15.9 Å². The number of amides is 1. The van der Waals surface area contributed by atoms with Gasteiger partial charge in [0.1, 0.15) is 0 Å². The highest BCUT2D eigenvalue weighted by molar-refractivity contribution is 7.89. The fourth-order valence-corrected chi connectivity index (χ4v) is 3.80. The number of hydrogen-bond acceptors (Lipinski definition) is 3. The third kappa shape index (κ3) is 4.84. The van der Waals surface area contributed by atoms with Gasteiger partial charge in [-0.1, -0.05) is 43.6 Å². The van der Waals surface area contributed by atoms with Gasteiger partial charge in [-0.3, -0.25) is 4.79 Å². The lowest BCUT2D eigenvalue weighted by Gasteiger charge is -2.15. The first-order valence-corrected chi connectivity index (χ1v) is 10.3. The molecule has 0 heterocycles. The lowest BCUT2D eigenvalue weighted by Crippen LogP contribution is -2.33. The lowest BCUT2D eigenvalue weighted by molar-refractivity contribution is -0.115. The van der Waals surface area contributed by atoms with E-state index in [1.165, 1.54) is 18.2 Å². The molecule has 0 saturated heterocycles. The minimum atomic E-state index is -3.79. The van der Waals surface area contributed by atoms with Gasteiger partial charge in [0.25, 0.3) is 0 Å². The van der Waals surface area contributed by atoms with Crippen molar-refractivity contribution in [3.8, 4) is 0 Å². The molecule has 0 saturated carbocycles. The van der Waals surface area contributed by atoms with Crippen molar-refractivity contribution < 1.29 is 13.2 Å². The Balaban J connectivity index is 2.10. The van der Waals surface area contributed by atoms with Crippen LogP contribution in [-0.2, 0) is 27.7 Å². The first-order valence-electron chi connectivity index (χ1n) is 8.45. The molecular weight excluding hydrogens is 372 g/mol. The first-order chi connectivity index (χ1) is 12.3. The number of carbonyl (C=O) groups excluding carboxylic acids is 1. The molecule has 5 nitrogen and oxygen atoms in total. The second-order valence-corrected chi connectivity index (χ2v) is 8.12. The zero-order valence-corrected chi connectivity index (χ0v) is 16.7. The number of benzene rings is 2. The smallest absolute Gasteiger partial charge is 0.241 e. The van der Waals surface area contributed by atoms with E-state index >= 15 is 0 Å². The van der Waals surface area contributed by atoms with Crippen LogP contribution in [0, 0.1) is 6.92 Å². The molecule has 140 valence electrons. The Kier molecular flexibility index (Phi) is 6.81. The van der Waals surface area contributed by atoms with Gasteiger partial charge < -0.3 is 5.32 Å². The minimum Gasteiger partial charge on any atom is -0.324 e. The Labute approximate surface area is 159 Å². The molecule has 0 bridgehead atoms. The molecule has 0 aliphatic rings. The quantitative estimate of drug-likeness (QED) is 0.751. The summed E-state index contributed by atoms with van der Waals surface area (Å²) in [5, 5.41) is 3.33. The van der Waals surface area contributed by atoms with Crippen LogP contribution in [0.4, 0.5) is 5.69 Å². The third-order valence-electron chi connectivity index (χ3n) is 4.13. The Morgan fingerprint density at radius 2 is 1.69 bits per heavy atom. The molecule has 0 radical (unpaired) electrons. The van der Waals surface area contributed by atoms with E-state index < -0.39 is 15.9 Å². The highest BCUT2D eigenvalue weighted by atomic mass is 35.5. The first kappa shape index (κ1) is 20.4. The van der Waals surface area contributed by atoms with Crippen LogP contribution in [0.2, 0.25) is 5.02 Å². The number of para-hydroxylation sites is 1. The summed E-state index contributed by atoms with van der Waals surface area (Å²) < 4.78 is 27.1. The number of rotatable bonds is 7. The Bertz CT molecular complexity index is 889. The average molecular weight is 395 g/mol. The van der Waals surface area contributed by atoms with Crippen molar-refractivity contribution in [1.29, 1.82) is 0 Å². The van der Waals surface area contributed by atoms with E-state index in [2.05, 4.69) is 10.0 Å². The monoisotopic (exact) mass is 394 g/mol. The number of carbonyl (C=O) groups is 1. The van der Waals surface area contributed by atoms with Gasteiger partial charge in [-0.25, -0.2) is 13.1 Å². The topological polar surface area (TPSA) is 75.3 Å². The molecule has 26 heavy (non-hydrogen) atoms. The number of sulfonamides is 1. The van der Waals surface area contributed by atoms with E-state index in [1.54, 1.807) is 6.92 Å². The summed E-state index contributed by atoms with van der Waals surface area (Å²) in [6.45, 7) is 5.40. The third-order valence-corrected chi connectivity index (χ3v) is 5.95. The Morgan fingerprint density at radius 1 is 1.08 bits per heavy atom. The highest BCUT2D eigenvalue weighted by Gasteiger charge is 2.17. The van der Waals surface area contributed by atoms with Crippen molar-refractivity contribution in [3.63, 3.8) is 0 Å². The summed E-state index contributed by atoms with van der Waals surface area (Å²) in [6.07, 6.45) is 1.55. The van der Waals surface area contributed by atoms with Crippen molar-refractivity contribution in [3.05, 3.63) is 58.1 Å². The normalized spacial score (nSPS) is 11.4. The van der Waals surface area contributed by atoms with Crippen molar-refractivity contribution in [2.24, 2.45) is 0 Å². The molecule has 0 aliphatic heterocycles. The molecule has 2 aromatic carbocycles. The molecule has 0 aliphatic carbocycles. The molecule has 0 aromatic heterocycles. The SMILES string of the molecule is CCc1cccc(CC)c1NC(=O)CNS(=O)(=O)c1ccc(Cl)c(C)c1. The Morgan fingerprint density at radius 3 is 2.23 bits per heavy atom. The van der Waals surface area contributed by atoms with E-state index in [-0.39, 0.29) is 11.4 Å². The maximum Gasteiger partial charge on any atom is 0.241 e. The Hall–Kier alpha value is -1.89. The minimum absolute atomic E-state index is 0.0791. The van der Waals surface area contributed by atoms with Crippen molar-refractivity contribution >= 4 is 33.2 Å². The van der Waals surface area contributed by atoms with Crippen LogP contribution in [0.1, 0.15) is 30.5 Å². The molecule has 0 fully saturated rings. The largest absolute Gasteiger partial charge is 0.324 e. The van der Waals surface area contributed by atoms with E-state index in [1.807, 2.05) is 32.0 Å². The zero-order chi connectivity index (χ0) is 19.3. The molecular formula is C19H23ClN2O3S. The summed E-state index contributed by atoms with van der Waals surface area (Å²) in [6, 6.07) is 10.3. The molecule has 1 amide bonds. The fraction of sp³-hybridized carbons (Fsp3) is 0.316. The van der Waals surface area contributed by atoms with E-state index in [0.717, 1.165) is 29.7 Å². The summed E-state index contributed by atoms with van der Waals surface area (Å²) in [5.74, 6) is -0.408. The maximum absolute atomic E-state index is 12.4. The molecule has 0 atom stereocenters. The number of hydrogen-bond donors (Lipinski definition) is 2. The van der Waals surface area contributed by atoms with Crippen LogP contribution in [0.3, 0.4) is 0 Å². The predicted octanol–water partition coefficient (Wildman–Crippen LogP) is 3.69. The van der Waals surface area contributed by atoms with E-state index in [9.17, 15) is 13.2 Å². The van der Waals surface area contributed by atoms with Gasteiger partial charge in [-0.2, -0.15) is 0 Å².